The van der Waals surface area contributed by atoms with Crippen LogP contribution in [-0.2, 0) is 18.4 Å². The summed E-state index contributed by atoms with van der Waals surface area (Å²) in [6.07, 6.45) is 2.46. The van der Waals surface area contributed by atoms with E-state index in [1.165, 1.54) is 23.1 Å². The molecule has 7 heteroatoms. The van der Waals surface area contributed by atoms with Gasteiger partial charge in [-0.15, -0.1) is 21.5 Å². The largest absolute Gasteiger partial charge is 0.314 e. The quantitative estimate of drug-likeness (QED) is 0.472. The predicted molar refractivity (Wildman–Crippen MR) is 106 cm³/mol. The van der Waals surface area contributed by atoms with Gasteiger partial charge >= 0.3 is 0 Å². The second kappa shape index (κ2) is 7.09. The van der Waals surface area contributed by atoms with Gasteiger partial charge in [-0.1, -0.05) is 6.07 Å². The molecule has 1 aromatic carbocycles. The molecule has 2 aromatic heterocycles. The molecule has 0 N–H and O–H groups in total. The number of halogens is 3. The molecule has 3 nitrogen and oxygen atoms in total. The molecule has 1 fully saturated rings. The summed E-state index contributed by atoms with van der Waals surface area (Å²) >= 11 is 5.19. The maximum atomic E-state index is 14.1. The molecule has 1 aliphatic carbocycles. The zero-order valence-electron chi connectivity index (χ0n) is 15.2. The van der Waals surface area contributed by atoms with Crippen LogP contribution in [0.5, 0.6) is 0 Å². The van der Waals surface area contributed by atoms with E-state index in [1.54, 1.807) is 11.3 Å². The van der Waals surface area contributed by atoms with Crippen LogP contribution >= 0.6 is 27.3 Å². The molecule has 0 aliphatic heterocycles. The first-order chi connectivity index (χ1) is 12.9. The molecule has 27 heavy (non-hydrogen) atoms. The summed E-state index contributed by atoms with van der Waals surface area (Å²) in [6, 6.07) is 8.12. The molecule has 0 unspecified atom stereocenters. The van der Waals surface area contributed by atoms with Gasteiger partial charge < -0.3 is 4.57 Å². The molecule has 0 atom stereocenters. The molecule has 1 aliphatic rings. The Bertz CT molecular complexity index is 955. The molecular formula is C20H20BrF2N3S. The summed E-state index contributed by atoms with van der Waals surface area (Å²) in [6.45, 7) is 4.69. The maximum Gasteiger partial charge on any atom is 0.143 e. The fraction of sp³-hybridized carbons (Fsp3) is 0.400. The van der Waals surface area contributed by atoms with E-state index in [-0.39, 0.29) is 17.4 Å². The summed E-state index contributed by atoms with van der Waals surface area (Å²) in [5.74, 6) is 1.18. The van der Waals surface area contributed by atoms with E-state index in [2.05, 4.69) is 50.6 Å². The molecule has 0 bridgehead atoms. The first kappa shape index (κ1) is 18.7. The minimum atomic E-state index is -0.501. The van der Waals surface area contributed by atoms with E-state index in [9.17, 15) is 8.78 Å². The van der Waals surface area contributed by atoms with Crippen LogP contribution in [0.3, 0.4) is 0 Å². The van der Waals surface area contributed by atoms with Crippen molar-refractivity contribution in [1.82, 2.24) is 14.8 Å². The van der Waals surface area contributed by atoms with Gasteiger partial charge in [0.25, 0.3) is 0 Å². The van der Waals surface area contributed by atoms with Gasteiger partial charge in [-0.3, -0.25) is 0 Å². The van der Waals surface area contributed by atoms with Crippen LogP contribution in [0.15, 0.2) is 34.1 Å². The average molecular weight is 452 g/mol. The molecule has 3 aromatic rings. The first-order valence-corrected chi connectivity index (χ1v) is 10.6. The SMILES string of the molecule is CC(C)(c1ccc(Br)s1)c1nnc(C2CC2)n1CCc1c(F)cccc1F. The van der Waals surface area contributed by atoms with Gasteiger partial charge in [-0.05, 0) is 73.3 Å². The Morgan fingerprint density at radius 3 is 2.44 bits per heavy atom. The Hall–Kier alpha value is -1.60. The average Bonchev–Trinajstić information content (AvgIpc) is 3.21. The molecule has 4 rings (SSSR count). The van der Waals surface area contributed by atoms with Crippen LogP contribution in [0, 0.1) is 11.6 Å². The van der Waals surface area contributed by atoms with Gasteiger partial charge in [0.15, 0.2) is 0 Å². The third-order valence-corrected chi connectivity index (χ3v) is 7.06. The van der Waals surface area contributed by atoms with Crippen LogP contribution in [0.2, 0.25) is 0 Å². The van der Waals surface area contributed by atoms with Gasteiger partial charge in [0, 0.05) is 22.9 Å². The van der Waals surface area contributed by atoms with Crippen LogP contribution in [0.4, 0.5) is 8.78 Å². The molecule has 0 spiro atoms. The minimum absolute atomic E-state index is 0.121. The number of aromatic nitrogens is 3. The lowest BCUT2D eigenvalue weighted by Crippen LogP contribution is -2.25. The number of thiophene rings is 1. The highest BCUT2D eigenvalue weighted by Crippen LogP contribution is 2.42. The summed E-state index contributed by atoms with van der Waals surface area (Å²) in [4.78, 5) is 1.17. The lowest BCUT2D eigenvalue weighted by atomic mass is 9.90. The lowest BCUT2D eigenvalue weighted by molar-refractivity contribution is 0.505. The molecule has 0 radical (unpaired) electrons. The van der Waals surface area contributed by atoms with Gasteiger partial charge in [-0.25, -0.2) is 8.78 Å². The number of hydrogen-bond donors (Lipinski definition) is 0. The predicted octanol–water partition coefficient (Wildman–Crippen LogP) is 5.83. The van der Waals surface area contributed by atoms with Crippen molar-refractivity contribution < 1.29 is 8.78 Å². The summed E-state index contributed by atoms with van der Waals surface area (Å²) in [7, 11) is 0. The Balaban J connectivity index is 1.70. The Morgan fingerprint density at radius 1 is 1.15 bits per heavy atom. The third kappa shape index (κ3) is 3.59. The normalized spacial score (nSPS) is 14.7. The Morgan fingerprint density at radius 2 is 1.85 bits per heavy atom. The number of hydrogen-bond acceptors (Lipinski definition) is 3. The van der Waals surface area contributed by atoms with Crippen molar-refractivity contribution in [1.29, 1.82) is 0 Å². The number of rotatable bonds is 6. The highest BCUT2D eigenvalue weighted by atomic mass is 79.9. The van der Waals surface area contributed by atoms with Crippen LogP contribution in [0.1, 0.15) is 54.7 Å². The molecule has 2 heterocycles. The summed E-state index contributed by atoms with van der Waals surface area (Å²) in [5.41, 5.74) is -0.222. The van der Waals surface area contributed by atoms with Crippen molar-refractivity contribution in [2.24, 2.45) is 0 Å². The fourth-order valence-corrected chi connectivity index (χ4v) is 4.88. The van der Waals surface area contributed by atoms with Crippen molar-refractivity contribution in [2.75, 3.05) is 0 Å². The van der Waals surface area contributed by atoms with Gasteiger partial charge in [0.2, 0.25) is 0 Å². The molecular weight excluding hydrogens is 432 g/mol. The summed E-state index contributed by atoms with van der Waals surface area (Å²) < 4.78 is 31.3. The van der Waals surface area contributed by atoms with E-state index >= 15 is 0 Å². The second-order valence-corrected chi connectivity index (χ2v) is 9.95. The monoisotopic (exact) mass is 451 g/mol. The zero-order chi connectivity index (χ0) is 19.2. The first-order valence-electron chi connectivity index (χ1n) is 9.00. The van der Waals surface area contributed by atoms with E-state index in [4.69, 9.17) is 0 Å². The lowest BCUT2D eigenvalue weighted by Gasteiger charge is -2.24. The molecule has 1 saturated carbocycles. The van der Waals surface area contributed by atoms with Crippen molar-refractivity contribution in [3.05, 3.63) is 67.8 Å². The minimum Gasteiger partial charge on any atom is -0.314 e. The van der Waals surface area contributed by atoms with Crippen molar-refractivity contribution >= 4 is 27.3 Å². The highest BCUT2D eigenvalue weighted by molar-refractivity contribution is 9.11. The highest BCUT2D eigenvalue weighted by Gasteiger charge is 2.36. The van der Waals surface area contributed by atoms with Gasteiger partial charge in [0.1, 0.15) is 23.3 Å². The zero-order valence-corrected chi connectivity index (χ0v) is 17.6. The number of benzene rings is 1. The topological polar surface area (TPSA) is 30.7 Å². The van der Waals surface area contributed by atoms with Crippen LogP contribution in [0.25, 0.3) is 0 Å². The van der Waals surface area contributed by atoms with E-state index in [0.29, 0.717) is 12.5 Å². The van der Waals surface area contributed by atoms with Crippen LogP contribution < -0.4 is 0 Å². The smallest absolute Gasteiger partial charge is 0.143 e. The summed E-state index contributed by atoms with van der Waals surface area (Å²) in [5, 5.41) is 8.96. The Kier molecular flexibility index (Phi) is 4.93. The van der Waals surface area contributed by atoms with E-state index in [1.807, 2.05) is 6.07 Å². The Labute approximate surface area is 169 Å². The van der Waals surface area contributed by atoms with E-state index in [0.717, 1.165) is 28.3 Å². The third-order valence-electron chi connectivity index (χ3n) is 5.12. The van der Waals surface area contributed by atoms with Gasteiger partial charge in [0.05, 0.1) is 9.20 Å². The van der Waals surface area contributed by atoms with E-state index < -0.39 is 11.6 Å². The van der Waals surface area contributed by atoms with Crippen LogP contribution in [-0.4, -0.2) is 14.8 Å². The van der Waals surface area contributed by atoms with Crippen molar-refractivity contribution in [3.63, 3.8) is 0 Å². The fourth-order valence-electron chi connectivity index (χ4n) is 3.40. The maximum absolute atomic E-state index is 14.1. The second-order valence-electron chi connectivity index (χ2n) is 7.49. The standard InChI is InChI=1S/C20H20BrF2N3S/c1-20(2,16-8-9-17(21)27-16)19-25-24-18(12-6-7-12)26(19)11-10-13-14(22)4-3-5-15(13)23/h3-5,8-9,12H,6-7,10-11H2,1-2H3. The van der Waals surface area contributed by atoms with Crippen molar-refractivity contribution in [3.8, 4) is 0 Å². The molecule has 142 valence electrons. The van der Waals surface area contributed by atoms with Crippen molar-refractivity contribution in [2.45, 2.75) is 51.0 Å². The molecule has 0 amide bonds. The molecule has 0 saturated heterocycles. The number of nitrogens with zero attached hydrogens (tertiary/aromatic N) is 3. The van der Waals surface area contributed by atoms with Gasteiger partial charge in [-0.2, -0.15) is 0 Å².